The molecule has 0 aliphatic rings. The van der Waals surface area contributed by atoms with Crippen LogP contribution in [0.4, 0.5) is 5.69 Å². The van der Waals surface area contributed by atoms with E-state index in [0.717, 1.165) is 17.3 Å². The number of esters is 1. The van der Waals surface area contributed by atoms with Crippen molar-refractivity contribution < 1.29 is 28.2 Å². The van der Waals surface area contributed by atoms with Gasteiger partial charge in [0.05, 0.1) is 49.8 Å². The van der Waals surface area contributed by atoms with E-state index in [-0.39, 0.29) is 22.4 Å². The zero-order valence-electron chi connectivity index (χ0n) is 17.5. The Balaban J connectivity index is 1.57. The summed E-state index contributed by atoms with van der Waals surface area (Å²) in [6.45, 7) is 0. The first-order valence-electron chi connectivity index (χ1n) is 9.27. The van der Waals surface area contributed by atoms with Crippen molar-refractivity contribution in [2.75, 3.05) is 32.4 Å². The summed E-state index contributed by atoms with van der Waals surface area (Å²) >= 11 is 7.18. The first-order valence-corrected chi connectivity index (χ1v) is 10.6. The van der Waals surface area contributed by atoms with Gasteiger partial charge in [-0.25, -0.2) is 4.79 Å². The monoisotopic (exact) mass is 477 g/mol. The Kier molecular flexibility index (Phi) is 7.96. The molecule has 9 nitrogen and oxygen atoms in total. The molecule has 0 fully saturated rings. The summed E-state index contributed by atoms with van der Waals surface area (Å²) in [5.41, 5.74) is 1.48. The molecule has 0 radical (unpaired) electrons. The molecular formula is C21H20ClN3O6S. The third-order valence-corrected chi connectivity index (χ3v) is 5.39. The smallest absolute Gasteiger partial charge is 0.337 e. The molecule has 1 aromatic heterocycles. The van der Waals surface area contributed by atoms with Crippen LogP contribution in [0.1, 0.15) is 21.8 Å². The van der Waals surface area contributed by atoms with Crippen molar-refractivity contribution in [1.29, 1.82) is 0 Å². The predicted molar refractivity (Wildman–Crippen MR) is 119 cm³/mol. The number of anilines is 1. The molecule has 3 aromatic rings. The number of carbonyl (C=O) groups excluding carboxylic acids is 2. The molecule has 32 heavy (non-hydrogen) atoms. The minimum absolute atomic E-state index is 0.0107. The van der Waals surface area contributed by atoms with E-state index >= 15 is 0 Å². The minimum Gasteiger partial charge on any atom is -0.493 e. The van der Waals surface area contributed by atoms with Crippen molar-refractivity contribution in [1.82, 2.24) is 10.2 Å². The molecular weight excluding hydrogens is 458 g/mol. The van der Waals surface area contributed by atoms with E-state index in [9.17, 15) is 9.59 Å². The number of thioether (sulfide) groups is 1. The largest absolute Gasteiger partial charge is 0.493 e. The third-order valence-electron chi connectivity index (χ3n) is 4.24. The Bertz CT molecular complexity index is 1120. The van der Waals surface area contributed by atoms with Gasteiger partial charge in [0.2, 0.25) is 11.8 Å². The minimum atomic E-state index is -0.528. The summed E-state index contributed by atoms with van der Waals surface area (Å²) in [6, 6.07) is 9.97. The Morgan fingerprint density at radius 3 is 2.56 bits per heavy atom. The van der Waals surface area contributed by atoms with Gasteiger partial charge in [-0.05, 0) is 35.9 Å². The summed E-state index contributed by atoms with van der Waals surface area (Å²) in [7, 11) is 4.40. The van der Waals surface area contributed by atoms with Crippen LogP contribution < -0.4 is 14.8 Å². The maximum Gasteiger partial charge on any atom is 0.337 e. The number of methoxy groups -OCH3 is 3. The van der Waals surface area contributed by atoms with Gasteiger partial charge in [-0.1, -0.05) is 29.4 Å². The fourth-order valence-corrected chi connectivity index (χ4v) is 3.46. The number of carbonyl (C=O) groups is 2. The van der Waals surface area contributed by atoms with Crippen molar-refractivity contribution in [3.63, 3.8) is 0 Å². The van der Waals surface area contributed by atoms with E-state index in [4.69, 9.17) is 25.5 Å². The highest BCUT2D eigenvalue weighted by Crippen LogP contribution is 2.29. The van der Waals surface area contributed by atoms with Crippen molar-refractivity contribution in [3.05, 3.63) is 58.4 Å². The molecule has 1 heterocycles. The molecule has 0 aliphatic heterocycles. The molecule has 3 rings (SSSR count). The van der Waals surface area contributed by atoms with Crippen molar-refractivity contribution in [2.24, 2.45) is 0 Å². The van der Waals surface area contributed by atoms with Crippen molar-refractivity contribution in [2.45, 2.75) is 11.6 Å². The first-order chi connectivity index (χ1) is 15.4. The fourth-order valence-electron chi connectivity index (χ4n) is 2.71. The molecule has 0 saturated heterocycles. The molecule has 2 aromatic carbocycles. The number of nitrogens with zero attached hydrogens (tertiary/aromatic N) is 2. The van der Waals surface area contributed by atoms with Crippen LogP contribution >= 0.6 is 23.4 Å². The fraction of sp³-hybridized carbons (Fsp3) is 0.238. The van der Waals surface area contributed by atoms with Gasteiger partial charge >= 0.3 is 5.97 Å². The van der Waals surface area contributed by atoms with Gasteiger partial charge in [-0.3, -0.25) is 4.79 Å². The highest BCUT2D eigenvalue weighted by atomic mass is 35.5. The molecule has 0 spiro atoms. The average Bonchev–Trinajstić information content (AvgIpc) is 3.25. The molecule has 1 amide bonds. The number of amides is 1. The maximum absolute atomic E-state index is 12.3. The number of rotatable bonds is 9. The second kappa shape index (κ2) is 10.9. The van der Waals surface area contributed by atoms with Crippen molar-refractivity contribution in [3.8, 4) is 11.5 Å². The van der Waals surface area contributed by atoms with E-state index in [1.54, 1.807) is 20.3 Å². The van der Waals surface area contributed by atoms with Crippen LogP contribution in [0.25, 0.3) is 0 Å². The quantitative estimate of drug-likeness (QED) is 0.362. The normalized spacial score (nSPS) is 10.5. The lowest BCUT2D eigenvalue weighted by Gasteiger charge is -2.08. The van der Waals surface area contributed by atoms with Gasteiger partial charge in [-0.2, -0.15) is 0 Å². The molecule has 0 aliphatic carbocycles. The summed E-state index contributed by atoms with van der Waals surface area (Å²) in [6.07, 6.45) is 0.399. The number of benzene rings is 2. The lowest BCUT2D eigenvalue weighted by molar-refractivity contribution is -0.113. The number of ether oxygens (including phenoxy) is 3. The topological polar surface area (TPSA) is 113 Å². The SMILES string of the molecule is COC(=O)c1ccc(Cl)c(NC(=O)CSc2nnc(Cc3ccc(OC)c(OC)c3)o2)c1. The number of aromatic nitrogens is 2. The summed E-state index contributed by atoms with van der Waals surface area (Å²) in [5.74, 6) is 0.760. The van der Waals surface area contributed by atoms with Gasteiger partial charge in [0, 0.05) is 0 Å². The molecule has 0 bridgehead atoms. The Morgan fingerprint density at radius 2 is 1.84 bits per heavy atom. The van der Waals surface area contributed by atoms with Crippen LogP contribution in [-0.2, 0) is 16.0 Å². The van der Waals surface area contributed by atoms with Crippen LogP contribution in [0.5, 0.6) is 11.5 Å². The molecule has 0 saturated carbocycles. The standard InChI is InChI=1S/C21H20ClN3O6S/c1-28-16-7-4-12(8-17(16)29-2)9-19-24-25-21(31-19)32-11-18(26)23-15-10-13(20(27)30-3)5-6-14(15)22/h4-8,10H,9,11H2,1-3H3,(H,23,26). The summed E-state index contributed by atoms with van der Waals surface area (Å²) < 4.78 is 20.8. The second-order valence-corrected chi connectivity index (χ2v) is 7.68. The number of hydrogen-bond acceptors (Lipinski definition) is 9. The van der Waals surface area contributed by atoms with E-state index in [0.29, 0.717) is 34.5 Å². The van der Waals surface area contributed by atoms with Gasteiger partial charge in [0.25, 0.3) is 5.22 Å². The maximum atomic E-state index is 12.3. The zero-order valence-corrected chi connectivity index (χ0v) is 19.1. The number of nitrogens with one attached hydrogen (secondary N) is 1. The van der Waals surface area contributed by atoms with Crippen LogP contribution in [0, 0.1) is 0 Å². The Morgan fingerprint density at radius 1 is 1.06 bits per heavy atom. The third kappa shape index (κ3) is 5.92. The van der Waals surface area contributed by atoms with E-state index in [1.807, 2.05) is 12.1 Å². The van der Waals surface area contributed by atoms with Crippen LogP contribution in [0.2, 0.25) is 5.02 Å². The average molecular weight is 478 g/mol. The van der Waals surface area contributed by atoms with Gasteiger partial charge in [0.15, 0.2) is 11.5 Å². The van der Waals surface area contributed by atoms with E-state index < -0.39 is 5.97 Å². The predicted octanol–water partition coefficient (Wildman–Crippen LogP) is 3.85. The molecule has 11 heteroatoms. The summed E-state index contributed by atoms with van der Waals surface area (Å²) in [5, 5.41) is 11.2. The van der Waals surface area contributed by atoms with Crippen molar-refractivity contribution >= 4 is 40.9 Å². The number of hydrogen-bond donors (Lipinski definition) is 1. The Hall–Kier alpha value is -3.24. The molecule has 1 N–H and O–H groups in total. The highest BCUT2D eigenvalue weighted by molar-refractivity contribution is 7.99. The van der Waals surface area contributed by atoms with E-state index in [2.05, 4.69) is 20.3 Å². The van der Waals surface area contributed by atoms with Gasteiger partial charge < -0.3 is 23.9 Å². The lowest BCUT2D eigenvalue weighted by atomic mass is 10.1. The Labute approximate surface area is 193 Å². The highest BCUT2D eigenvalue weighted by Gasteiger charge is 2.14. The second-order valence-electron chi connectivity index (χ2n) is 6.35. The molecule has 168 valence electrons. The zero-order chi connectivity index (χ0) is 23.1. The van der Waals surface area contributed by atoms with Crippen LogP contribution in [-0.4, -0.2) is 49.2 Å². The summed E-state index contributed by atoms with van der Waals surface area (Å²) in [4.78, 5) is 23.9. The lowest BCUT2D eigenvalue weighted by Crippen LogP contribution is -2.15. The van der Waals surface area contributed by atoms with Gasteiger partial charge in [0.1, 0.15) is 0 Å². The van der Waals surface area contributed by atoms with Crippen LogP contribution in [0.15, 0.2) is 46.0 Å². The number of halogens is 1. The van der Waals surface area contributed by atoms with E-state index in [1.165, 1.54) is 25.3 Å². The molecule has 0 atom stereocenters. The molecule has 0 unspecified atom stereocenters. The van der Waals surface area contributed by atoms with Gasteiger partial charge in [-0.15, -0.1) is 10.2 Å². The first kappa shape index (κ1) is 23.4. The van der Waals surface area contributed by atoms with Crippen LogP contribution in [0.3, 0.4) is 0 Å².